The number of methoxy groups -OCH3 is 3. The van der Waals surface area contributed by atoms with E-state index < -0.39 is 17.7 Å². The van der Waals surface area contributed by atoms with Crippen molar-refractivity contribution >= 4 is 68.8 Å². The van der Waals surface area contributed by atoms with Crippen molar-refractivity contribution in [2.24, 2.45) is 5.10 Å². The zero-order valence-electron chi connectivity index (χ0n) is 22.8. The van der Waals surface area contributed by atoms with Crippen LogP contribution >= 0.6 is 39.1 Å². The summed E-state index contributed by atoms with van der Waals surface area (Å²) in [7, 11) is 4.51. The van der Waals surface area contributed by atoms with Crippen molar-refractivity contribution in [2.75, 3.05) is 39.8 Å². The average Bonchev–Trinajstić information content (AvgIpc) is 2.95. The van der Waals surface area contributed by atoms with Crippen LogP contribution in [0.3, 0.4) is 0 Å². The van der Waals surface area contributed by atoms with Crippen molar-refractivity contribution in [1.29, 1.82) is 0 Å². The number of nitrogens with one attached hydrogen (secondary N) is 3. The Morgan fingerprint density at radius 1 is 0.881 bits per heavy atom. The molecule has 0 bridgehead atoms. The molecule has 0 aliphatic carbocycles. The van der Waals surface area contributed by atoms with Gasteiger partial charge in [-0.25, -0.2) is 5.43 Å². The molecule has 0 saturated heterocycles. The number of nitrogens with zero attached hydrogens (tertiary/aromatic N) is 1. The molecule has 0 aliphatic heterocycles. The maximum absolute atomic E-state index is 12.4. The van der Waals surface area contributed by atoms with Crippen LogP contribution in [-0.4, -0.2) is 58.4 Å². The molecule has 3 aromatic carbocycles. The number of carbonyl (C=O) groups is 3. The lowest BCUT2D eigenvalue weighted by Gasteiger charge is -2.13. The normalized spacial score (nSPS) is 10.6. The van der Waals surface area contributed by atoms with E-state index in [0.29, 0.717) is 49.4 Å². The highest BCUT2D eigenvalue weighted by molar-refractivity contribution is 9.10. The predicted molar refractivity (Wildman–Crippen MR) is 163 cm³/mol. The second kappa shape index (κ2) is 15.9. The first-order chi connectivity index (χ1) is 20.1. The first kappa shape index (κ1) is 32.5. The van der Waals surface area contributed by atoms with Crippen molar-refractivity contribution in [2.45, 2.75) is 6.42 Å². The van der Waals surface area contributed by atoms with Crippen molar-refractivity contribution in [3.8, 4) is 23.0 Å². The molecule has 0 atom stereocenters. The fourth-order valence-corrected chi connectivity index (χ4v) is 4.67. The summed E-state index contributed by atoms with van der Waals surface area (Å²) in [5, 5.41) is 9.77. The molecule has 222 valence electrons. The van der Waals surface area contributed by atoms with Gasteiger partial charge in [0, 0.05) is 22.3 Å². The van der Waals surface area contributed by atoms with E-state index in [-0.39, 0.29) is 18.9 Å². The number of anilines is 1. The molecular weight excluding hydrogens is 655 g/mol. The SMILES string of the molecule is COc1ccc(CCNC(=O)C(=O)N/N=C\c2cc(Br)c(OCC(=O)Nc3cc(Cl)cc(Cl)c3)c(OC)c2)cc1OC. The highest BCUT2D eigenvalue weighted by atomic mass is 79.9. The molecule has 3 N–H and O–H groups in total. The van der Waals surface area contributed by atoms with Gasteiger partial charge in [0.05, 0.1) is 32.0 Å². The Morgan fingerprint density at radius 2 is 1.57 bits per heavy atom. The first-order valence-corrected chi connectivity index (χ1v) is 13.8. The third-order valence-corrected chi connectivity index (χ3v) is 6.50. The molecular formula is C28H27BrCl2N4O7. The highest BCUT2D eigenvalue weighted by Crippen LogP contribution is 2.36. The predicted octanol–water partition coefficient (Wildman–Crippen LogP) is 4.61. The number of amides is 3. The standard InChI is InChI=1S/C28H27BrCl2N4O7/c1-39-22-5-4-16(9-23(22)40-2)6-7-32-27(37)28(38)35-33-14-17-8-21(29)26(24(10-17)41-3)42-15-25(36)34-20-12-18(30)11-19(31)13-20/h4-5,8-14H,6-7,15H2,1-3H3,(H,32,37)(H,34,36)(H,35,38)/b33-14-. The number of rotatable bonds is 12. The second-order valence-electron chi connectivity index (χ2n) is 8.42. The Labute approximate surface area is 260 Å². The van der Waals surface area contributed by atoms with E-state index in [9.17, 15) is 14.4 Å². The van der Waals surface area contributed by atoms with Crippen molar-refractivity contribution in [3.63, 3.8) is 0 Å². The third kappa shape index (κ3) is 9.54. The van der Waals surface area contributed by atoms with Gasteiger partial charge in [0.1, 0.15) is 0 Å². The van der Waals surface area contributed by atoms with Crippen LogP contribution in [0.1, 0.15) is 11.1 Å². The summed E-state index contributed by atoms with van der Waals surface area (Å²) in [5.74, 6) is -0.489. The van der Waals surface area contributed by atoms with E-state index in [4.69, 9.17) is 42.1 Å². The quantitative estimate of drug-likeness (QED) is 0.144. The minimum Gasteiger partial charge on any atom is -0.493 e. The van der Waals surface area contributed by atoms with E-state index in [2.05, 4.69) is 37.1 Å². The maximum Gasteiger partial charge on any atom is 0.329 e. The zero-order chi connectivity index (χ0) is 30.6. The van der Waals surface area contributed by atoms with Crippen LogP contribution in [0.2, 0.25) is 10.0 Å². The van der Waals surface area contributed by atoms with Gasteiger partial charge in [0.25, 0.3) is 5.91 Å². The van der Waals surface area contributed by atoms with Crippen molar-refractivity contribution < 1.29 is 33.3 Å². The topological polar surface area (TPSA) is 137 Å². The molecule has 42 heavy (non-hydrogen) atoms. The lowest BCUT2D eigenvalue weighted by atomic mass is 10.1. The summed E-state index contributed by atoms with van der Waals surface area (Å²) in [6, 6.07) is 13.3. The second-order valence-corrected chi connectivity index (χ2v) is 10.2. The molecule has 3 aromatic rings. The summed E-state index contributed by atoms with van der Waals surface area (Å²) >= 11 is 15.3. The fourth-order valence-electron chi connectivity index (χ4n) is 3.57. The maximum atomic E-state index is 12.4. The average molecular weight is 682 g/mol. The fraction of sp³-hybridized carbons (Fsp3) is 0.214. The monoisotopic (exact) mass is 680 g/mol. The summed E-state index contributed by atoms with van der Waals surface area (Å²) in [5.41, 5.74) is 4.01. The van der Waals surface area contributed by atoms with Crippen LogP contribution in [-0.2, 0) is 20.8 Å². The van der Waals surface area contributed by atoms with Gasteiger partial charge in [-0.15, -0.1) is 0 Å². The van der Waals surface area contributed by atoms with Crippen LogP contribution < -0.4 is 35.0 Å². The van der Waals surface area contributed by atoms with Gasteiger partial charge in [-0.3, -0.25) is 14.4 Å². The van der Waals surface area contributed by atoms with E-state index >= 15 is 0 Å². The van der Waals surface area contributed by atoms with Crippen LogP contribution in [0.15, 0.2) is 58.1 Å². The summed E-state index contributed by atoms with van der Waals surface area (Å²) in [6.45, 7) is -0.106. The van der Waals surface area contributed by atoms with Gasteiger partial charge in [0.2, 0.25) is 0 Å². The third-order valence-electron chi connectivity index (χ3n) is 5.48. The zero-order valence-corrected chi connectivity index (χ0v) is 25.9. The summed E-state index contributed by atoms with van der Waals surface area (Å²) in [6.07, 6.45) is 1.79. The molecule has 0 radical (unpaired) electrons. The number of carbonyl (C=O) groups excluding carboxylic acids is 3. The molecule has 0 heterocycles. The Kier molecular flexibility index (Phi) is 12.3. The molecule has 0 fully saturated rings. The van der Waals surface area contributed by atoms with E-state index in [1.54, 1.807) is 49.6 Å². The van der Waals surface area contributed by atoms with Crippen LogP contribution in [0.4, 0.5) is 5.69 Å². The lowest BCUT2D eigenvalue weighted by Crippen LogP contribution is -2.38. The van der Waals surface area contributed by atoms with Gasteiger partial charge in [-0.05, 0) is 75.9 Å². The molecule has 11 nitrogen and oxygen atoms in total. The Hall–Kier alpha value is -4.00. The van der Waals surface area contributed by atoms with E-state index in [1.807, 2.05) is 6.07 Å². The first-order valence-electron chi connectivity index (χ1n) is 12.2. The van der Waals surface area contributed by atoms with Gasteiger partial charge in [0.15, 0.2) is 29.6 Å². The number of hydrogen-bond donors (Lipinski definition) is 3. The van der Waals surface area contributed by atoms with Crippen LogP contribution in [0.5, 0.6) is 23.0 Å². The van der Waals surface area contributed by atoms with Crippen molar-refractivity contribution in [3.05, 3.63) is 74.2 Å². The van der Waals surface area contributed by atoms with E-state index in [1.165, 1.54) is 20.4 Å². The summed E-state index contributed by atoms with van der Waals surface area (Å²) in [4.78, 5) is 36.6. The lowest BCUT2D eigenvalue weighted by molar-refractivity contribution is -0.139. The molecule has 0 aromatic heterocycles. The minimum absolute atomic E-state index is 0.224. The molecule has 0 spiro atoms. The highest BCUT2D eigenvalue weighted by Gasteiger charge is 2.15. The summed E-state index contributed by atoms with van der Waals surface area (Å²) < 4.78 is 22.0. The van der Waals surface area contributed by atoms with Gasteiger partial charge in [-0.1, -0.05) is 29.3 Å². The molecule has 0 aliphatic rings. The number of hydrazone groups is 1. The van der Waals surface area contributed by atoms with Gasteiger partial charge >= 0.3 is 11.8 Å². The largest absolute Gasteiger partial charge is 0.493 e. The van der Waals surface area contributed by atoms with E-state index in [0.717, 1.165) is 5.56 Å². The smallest absolute Gasteiger partial charge is 0.329 e. The molecule has 14 heteroatoms. The molecule has 3 amide bonds. The number of halogens is 3. The van der Waals surface area contributed by atoms with Crippen molar-refractivity contribution in [1.82, 2.24) is 10.7 Å². The molecule has 0 saturated carbocycles. The van der Waals surface area contributed by atoms with Gasteiger partial charge < -0.3 is 29.6 Å². The molecule has 3 rings (SSSR count). The van der Waals surface area contributed by atoms with Crippen LogP contribution in [0, 0.1) is 0 Å². The Balaban J connectivity index is 1.51. The number of hydrogen-bond acceptors (Lipinski definition) is 8. The minimum atomic E-state index is -0.934. The van der Waals surface area contributed by atoms with Crippen LogP contribution in [0.25, 0.3) is 0 Å². The Bertz CT molecular complexity index is 1470. The Morgan fingerprint density at radius 3 is 2.24 bits per heavy atom. The van der Waals surface area contributed by atoms with Gasteiger partial charge in [-0.2, -0.15) is 5.10 Å². The number of benzene rings is 3. The molecule has 0 unspecified atom stereocenters. The number of ether oxygens (including phenoxy) is 4.